The molecule has 2 aliphatic heterocycles. The molecule has 0 aromatic heterocycles. The second-order valence-electron chi connectivity index (χ2n) is 6.20. The molecule has 1 unspecified atom stereocenters. The standard InChI is InChI=1S/C14H23N2O4P/c1-8-9(7-15-14(19)16-8)13-12(18)11(17)10(20-13)5-6-21(2,3)4/h7,10-13,17-18H,1-2,5-6H2,3-4H3,(H2,15,16,19)/t10?,11-,12-,13+/m1/s1. The van der Waals surface area contributed by atoms with Crippen LogP contribution in [-0.2, 0) is 4.74 Å². The van der Waals surface area contributed by atoms with Crippen LogP contribution in [0.4, 0.5) is 4.79 Å². The third-order valence-electron chi connectivity index (χ3n) is 3.66. The first kappa shape index (κ1) is 16.3. The van der Waals surface area contributed by atoms with Crippen molar-refractivity contribution in [3.05, 3.63) is 24.0 Å². The van der Waals surface area contributed by atoms with Gasteiger partial charge in [-0.25, -0.2) is 4.79 Å². The Morgan fingerprint density at radius 1 is 1.38 bits per heavy atom. The molecule has 2 aliphatic rings. The number of rotatable bonds is 4. The van der Waals surface area contributed by atoms with E-state index in [-0.39, 0.29) is 6.03 Å². The molecule has 2 rings (SSSR count). The van der Waals surface area contributed by atoms with Crippen LogP contribution in [0.25, 0.3) is 0 Å². The van der Waals surface area contributed by atoms with E-state index >= 15 is 0 Å². The average molecular weight is 314 g/mol. The number of ether oxygens (including phenoxy) is 1. The van der Waals surface area contributed by atoms with E-state index in [2.05, 4.69) is 36.8 Å². The van der Waals surface area contributed by atoms with Gasteiger partial charge in [-0.2, -0.15) is 0 Å². The van der Waals surface area contributed by atoms with E-state index in [0.29, 0.717) is 17.7 Å². The van der Waals surface area contributed by atoms with Gasteiger partial charge >= 0.3 is 6.03 Å². The summed E-state index contributed by atoms with van der Waals surface area (Å²) < 4.78 is 5.80. The molecule has 2 amide bonds. The quantitative estimate of drug-likeness (QED) is 0.561. The lowest BCUT2D eigenvalue weighted by atomic mass is 9.99. The summed E-state index contributed by atoms with van der Waals surface area (Å²) in [5, 5.41) is 25.4. The SMILES string of the molecule is C=C1NC(=O)NC=C1[C@@H]1OC(CCP(=C)(C)C)[C@@H](O)[C@H]1O. The smallest absolute Gasteiger partial charge is 0.323 e. The third kappa shape index (κ3) is 3.77. The number of carbonyl (C=O) groups excluding carboxylic acids is 1. The maximum Gasteiger partial charge on any atom is 0.323 e. The highest BCUT2D eigenvalue weighted by atomic mass is 31.2. The number of urea groups is 1. The summed E-state index contributed by atoms with van der Waals surface area (Å²) in [4.78, 5) is 11.2. The highest BCUT2D eigenvalue weighted by molar-refractivity contribution is 7.72. The second kappa shape index (κ2) is 5.97. The molecule has 0 aromatic carbocycles. The lowest BCUT2D eigenvalue weighted by molar-refractivity contribution is 0.0188. The first-order valence-corrected chi connectivity index (χ1v) is 9.90. The van der Waals surface area contributed by atoms with Crippen LogP contribution in [0.2, 0.25) is 0 Å². The Morgan fingerprint density at radius 3 is 2.62 bits per heavy atom. The summed E-state index contributed by atoms with van der Waals surface area (Å²) in [5.41, 5.74) is 0.924. The van der Waals surface area contributed by atoms with E-state index in [1.807, 2.05) is 0 Å². The molecular formula is C14H23N2O4P. The van der Waals surface area contributed by atoms with Gasteiger partial charge in [0, 0.05) is 17.5 Å². The van der Waals surface area contributed by atoms with Crippen molar-refractivity contribution in [1.29, 1.82) is 0 Å². The van der Waals surface area contributed by atoms with Gasteiger partial charge in [0.1, 0.15) is 18.3 Å². The fourth-order valence-corrected chi connectivity index (χ4v) is 3.40. The highest BCUT2D eigenvalue weighted by Crippen LogP contribution is 2.39. The molecule has 1 saturated heterocycles. The van der Waals surface area contributed by atoms with Crippen molar-refractivity contribution < 1.29 is 19.7 Å². The number of nitrogens with one attached hydrogen (secondary N) is 2. The maximum atomic E-state index is 11.2. The molecule has 7 heteroatoms. The summed E-state index contributed by atoms with van der Waals surface area (Å²) in [6.07, 6.45) is 4.00. The maximum absolute atomic E-state index is 11.2. The summed E-state index contributed by atoms with van der Waals surface area (Å²) in [7, 11) is 0. The number of aliphatic hydroxyl groups is 2. The van der Waals surface area contributed by atoms with Gasteiger partial charge in [-0.3, -0.25) is 0 Å². The van der Waals surface area contributed by atoms with Crippen LogP contribution in [-0.4, -0.2) is 66.5 Å². The molecule has 0 bridgehead atoms. The average Bonchev–Trinajstić information content (AvgIpc) is 2.64. The predicted molar refractivity (Wildman–Crippen MR) is 84.9 cm³/mol. The highest BCUT2D eigenvalue weighted by Gasteiger charge is 2.45. The minimum Gasteiger partial charge on any atom is -0.388 e. The van der Waals surface area contributed by atoms with Crippen LogP contribution in [0.15, 0.2) is 24.0 Å². The van der Waals surface area contributed by atoms with Crippen LogP contribution < -0.4 is 10.6 Å². The van der Waals surface area contributed by atoms with E-state index in [0.717, 1.165) is 6.16 Å². The summed E-state index contributed by atoms with van der Waals surface area (Å²) in [5.74, 6) is 0. The Kier molecular flexibility index (Phi) is 4.63. The molecule has 2 heterocycles. The molecule has 21 heavy (non-hydrogen) atoms. The number of hydrogen-bond acceptors (Lipinski definition) is 4. The predicted octanol–water partition coefficient (Wildman–Crippen LogP) is 0.285. The lowest BCUT2D eigenvalue weighted by Gasteiger charge is -2.24. The monoisotopic (exact) mass is 314 g/mol. The van der Waals surface area contributed by atoms with Gasteiger partial charge in [-0.1, -0.05) is 6.58 Å². The zero-order chi connectivity index (χ0) is 15.8. The van der Waals surface area contributed by atoms with E-state index in [1.165, 1.54) is 6.20 Å². The number of hydrogen-bond donors (Lipinski definition) is 4. The van der Waals surface area contributed by atoms with Gasteiger partial charge in [-0.05, 0) is 25.9 Å². The van der Waals surface area contributed by atoms with Gasteiger partial charge in [0.25, 0.3) is 0 Å². The molecule has 0 saturated carbocycles. The zero-order valence-corrected chi connectivity index (χ0v) is 13.3. The number of amides is 2. The van der Waals surface area contributed by atoms with Crippen molar-refractivity contribution in [3.63, 3.8) is 0 Å². The second-order valence-corrected chi connectivity index (χ2v) is 10.5. The van der Waals surface area contributed by atoms with Gasteiger partial charge < -0.3 is 25.6 Å². The fraction of sp³-hybridized carbons (Fsp3) is 0.571. The van der Waals surface area contributed by atoms with Crippen molar-refractivity contribution >= 4 is 19.2 Å². The summed E-state index contributed by atoms with van der Waals surface area (Å²) in [6.45, 7) is 6.77. The van der Waals surface area contributed by atoms with Gasteiger partial charge in [-0.15, -0.1) is 13.2 Å². The first-order chi connectivity index (χ1) is 9.69. The van der Waals surface area contributed by atoms with Gasteiger partial charge in [0.15, 0.2) is 0 Å². The zero-order valence-electron chi connectivity index (χ0n) is 12.4. The largest absolute Gasteiger partial charge is 0.388 e. The minimum atomic E-state index is -1.21. The molecule has 6 nitrogen and oxygen atoms in total. The van der Waals surface area contributed by atoms with Crippen LogP contribution in [0.1, 0.15) is 6.42 Å². The van der Waals surface area contributed by atoms with E-state index in [1.54, 1.807) is 0 Å². The van der Waals surface area contributed by atoms with Crippen molar-refractivity contribution in [2.75, 3.05) is 19.5 Å². The van der Waals surface area contributed by atoms with Gasteiger partial charge in [0.2, 0.25) is 0 Å². The third-order valence-corrected chi connectivity index (χ3v) is 5.13. The summed E-state index contributed by atoms with van der Waals surface area (Å²) >= 11 is 0. The Bertz CT molecular complexity index is 525. The van der Waals surface area contributed by atoms with E-state index < -0.39 is 31.3 Å². The van der Waals surface area contributed by atoms with E-state index in [9.17, 15) is 15.0 Å². The van der Waals surface area contributed by atoms with Crippen LogP contribution in [0.3, 0.4) is 0 Å². The number of aliphatic hydroxyl groups excluding tert-OH is 2. The molecule has 118 valence electrons. The first-order valence-electron chi connectivity index (χ1n) is 6.85. The molecule has 0 spiro atoms. The van der Waals surface area contributed by atoms with Crippen LogP contribution in [0.5, 0.6) is 0 Å². The van der Waals surface area contributed by atoms with Crippen LogP contribution in [0, 0.1) is 0 Å². The number of carbonyl (C=O) groups is 1. The Hall–Kier alpha value is -1.07. The van der Waals surface area contributed by atoms with Crippen LogP contribution >= 0.6 is 6.89 Å². The molecule has 0 radical (unpaired) electrons. The normalized spacial score (nSPS) is 33.4. The topological polar surface area (TPSA) is 90.8 Å². The fourth-order valence-electron chi connectivity index (χ4n) is 2.45. The lowest BCUT2D eigenvalue weighted by Crippen LogP contribution is -2.41. The molecule has 4 N–H and O–H groups in total. The van der Waals surface area contributed by atoms with Gasteiger partial charge in [0.05, 0.1) is 6.10 Å². The Labute approximate surface area is 124 Å². The Morgan fingerprint density at radius 2 is 2.05 bits per heavy atom. The van der Waals surface area contributed by atoms with E-state index in [4.69, 9.17) is 4.74 Å². The molecule has 0 aromatic rings. The van der Waals surface area contributed by atoms with Crippen molar-refractivity contribution in [3.8, 4) is 0 Å². The van der Waals surface area contributed by atoms with Crippen molar-refractivity contribution in [1.82, 2.24) is 10.6 Å². The minimum absolute atomic E-state index is 0.376. The molecule has 4 atom stereocenters. The molecule has 0 aliphatic carbocycles. The molecular weight excluding hydrogens is 291 g/mol. The van der Waals surface area contributed by atoms with Crippen molar-refractivity contribution in [2.45, 2.75) is 30.8 Å². The Balaban J connectivity index is 2.08. The summed E-state index contributed by atoms with van der Waals surface area (Å²) in [6, 6.07) is -0.378. The van der Waals surface area contributed by atoms with Crippen molar-refractivity contribution in [2.24, 2.45) is 0 Å². The molecule has 1 fully saturated rings.